The highest BCUT2D eigenvalue weighted by atomic mass is 35.5. The van der Waals surface area contributed by atoms with Gasteiger partial charge >= 0.3 is 0 Å². The first-order valence-electron chi connectivity index (χ1n) is 14.5. The number of anilines is 1. The van der Waals surface area contributed by atoms with Crippen LogP contribution in [0.5, 0.6) is 11.5 Å². The smallest absolute Gasteiger partial charge is 0.264 e. The second-order valence-electron chi connectivity index (χ2n) is 10.3. The lowest BCUT2D eigenvalue weighted by Gasteiger charge is -2.32. The van der Waals surface area contributed by atoms with Crippen molar-refractivity contribution in [2.24, 2.45) is 0 Å². The predicted molar refractivity (Wildman–Crippen MR) is 178 cm³/mol. The van der Waals surface area contributed by atoms with E-state index >= 15 is 0 Å². The molecule has 4 aromatic carbocycles. The number of benzene rings is 4. The second kappa shape index (κ2) is 15.8. The minimum Gasteiger partial charge on any atom is -0.457 e. The van der Waals surface area contributed by atoms with Gasteiger partial charge in [0.05, 0.1) is 10.6 Å². The van der Waals surface area contributed by atoms with Gasteiger partial charge in [0, 0.05) is 28.7 Å². The van der Waals surface area contributed by atoms with E-state index in [0.29, 0.717) is 33.7 Å². The summed E-state index contributed by atoms with van der Waals surface area (Å²) in [7, 11) is -4.21. The lowest BCUT2D eigenvalue weighted by molar-refractivity contribution is -0.139. The highest BCUT2D eigenvalue weighted by Gasteiger charge is 2.33. The molecule has 0 aliphatic rings. The summed E-state index contributed by atoms with van der Waals surface area (Å²) < 4.78 is 34.9. The first-order valence-corrected chi connectivity index (χ1v) is 16.7. The molecule has 0 heterocycles. The number of hydrogen-bond acceptors (Lipinski definition) is 5. The number of carbonyl (C=O) groups is 2. The molecule has 0 saturated carbocycles. The molecule has 0 spiro atoms. The highest BCUT2D eigenvalue weighted by molar-refractivity contribution is 7.92. The second-order valence-corrected chi connectivity index (χ2v) is 13.0. The lowest BCUT2D eigenvalue weighted by atomic mass is 10.1. The van der Waals surface area contributed by atoms with Gasteiger partial charge in [0.1, 0.15) is 24.1 Å². The van der Waals surface area contributed by atoms with E-state index in [0.717, 1.165) is 17.1 Å². The van der Waals surface area contributed by atoms with Crippen molar-refractivity contribution in [1.29, 1.82) is 0 Å². The topological polar surface area (TPSA) is 96.0 Å². The summed E-state index contributed by atoms with van der Waals surface area (Å²) in [5.74, 6) is 0.114. The van der Waals surface area contributed by atoms with E-state index in [1.54, 1.807) is 79.7 Å². The largest absolute Gasteiger partial charge is 0.457 e. The molecule has 45 heavy (non-hydrogen) atoms. The molecular weight excluding hydrogens is 633 g/mol. The van der Waals surface area contributed by atoms with E-state index in [1.807, 2.05) is 25.1 Å². The van der Waals surface area contributed by atoms with E-state index in [1.165, 1.54) is 17.0 Å². The van der Waals surface area contributed by atoms with Crippen molar-refractivity contribution in [3.63, 3.8) is 0 Å². The van der Waals surface area contributed by atoms with Gasteiger partial charge in [0.15, 0.2) is 0 Å². The van der Waals surface area contributed by atoms with Crippen molar-refractivity contribution >= 4 is 50.7 Å². The van der Waals surface area contributed by atoms with Gasteiger partial charge < -0.3 is 15.0 Å². The van der Waals surface area contributed by atoms with Crippen LogP contribution in [0.4, 0.5) is 5.69 Å². The monoisotopic (exact) mass is 667 g/mol. The van der Waals surface area contributed by atoms with Gasteiger partial charge in [-0.1, -0.05) is 79.0 Å². The minimum atomic E-state index is -4.21. The Hall–Kier alpha value is -4.05. The summed E-state index contributed by atoms with van der Waals surface area (Å²) in [6.07, 6.45) is 1.66. The third-order valence-corrected chi connectivity index (χ3v) is 9.60. The van der Waals surface area contributed by atoms with Crippen LogP contribution in [-0.2, 0) is 26.2 Å². The fourth-order valence-electron chi connectivity index (χ4n) is 4.53. The van der Waals surface area contributed by atoms with Crippen LogP contribution >= 0.6 is 23.2 Å². The zero-order valence-corrected chi connectivity index (χ0v) is 27.4. The summed E-state index contributed by atoms with van der Waals surface area (Å²) in [6, 6.07) is 27.4. The summed E-state index contributed by atoms with van der Waals surface area (Å²) in [5, 5.41) is 3.50. The van der Waals surface area contributed by atoms with Crippen molar-refractivity contribution in [2.75, 3.05) is 17.4 Å². The van der Waals surface area contributed by atoms with E-state index in [4.69, 9.17) is 27.9 Å². The molecule has 0 bridgehead atoms. The third kappa shape index (κ3) is 8.78. The molecule has 0 unspecified atom stereocenters. The Morgan fingerprint density at radius 3 is 2.00 bits per heavy atom. The van der Waals surface area contributed by atoms with Crippen LogP contribution in [0, 0.1) is 0 Å². The summed E-state index contributed by atoms with van der Waals surface area (Å²) in [5.41, 5.74) is 0.686. The number of rotatable bonds is 14. The number of nitrogens with zero attached hydrogens (tertiary/aromatic N) is 2. The summed E-state index contributed by atoms with van der Waals surface area (Å²) >= 11 is 12.9. The number of carbonyl (C=O) groups excluding carboxylic acids is 2. The number of nitrogens with one attached hydrogen (secondary N) is 1. The van der Waals surface area contributed by atoms with Gasteiger partial charge in [-0.2, -0.15) is 0 Å². The molecular formula is C34H35Cl2N3O5S. The summed E-state index contributed by atoms with van der Waals surface area (Å²) in [4.78, 5) is 28.6. The third-order valence-electron chi connectivity index (χ3n) is 7.10. The molecule has 0 aliphatic heterocycles. The van der Waals surface area contributed by atoms with Crippen molar-refractivity contribution in [3.8, 4) is 11.5 Å². The van der Waals surface area contributed by atoms with Crippen LogP contribution in [-0.4, -0.2) is 44.3 Å². The summed E-state index contributed by atoms with van der Waals surface area (Å²) in [6.45, 7) is 3.34. The number of ether oxygens (including phenoxy) is 1. The fraction of sp³-hybridized carbons (Fsp3) is 0.235. The average molecular weight is 669 g/mol. The Bertz CT molecular complexity index is 1670. The van der Waals surface area contributed by atoms with Crippen LogP contribution in [0.2, 0.25) is 10.0 Å². The first-order chi connectivity index (χ1) is 21.6. The van der Waals surface area contributed by atoms with Crippen molar-refractivity contribution < 1.29 is 22.7 Å². The van der Waals surface area contributed by atoms with Crippen LogP contribution in [0.3, 0.4) is 0 Å². The minimum absolute atomic E-state index is 0.00784. The number of halogens is 2. The van der Waals surface area contributed by atoms with Crippen LogP contribution < -0.4 is 14.4 Å². The van der Waals surface area contributed by atoms with Gasteiger partial charge in [-0.15, -0.1) is 0 Å². The van der Waals surface area contributed by atoms with Gasteiger partial charge in [0.2, 0.25) is 11.8 Å². The van der Waals surface area contributed by atoms with E-state index in [9.17, 15) is 18.0 Å². The highest BCUT2D eigenvalue weighted by Crippen LogP contribution is 2.30. The number of hydrogen-bond donors (Lipinski definition) is 1. The van der Waals surface area contributed by atoms with E-state index < -0.39 is 28.5 Å². The molecule has 0 fully saturated rings. The molecule has 0 aromatic heterocycles. The maximum absolute atomic E-state index is 14.1. The molecule has 4 rings (SSSR count). The van der Waals surface area contributed by atoms with Crippen molar-refractivity contribution in [2.45, 2.75) is 44.2 Å². The van der Waals surface area contributed by atoms with Crippen molar-refractivity contribution in [3.05, 3.63) is 119 Å². The van der Waals surface area contributed by atoms with Gasteiger partial charge in [-0.05, 0) is 74.0 Å². The van der Waals surface area contributed by atoms with Gasteiger partial charge in [-0.3, -0.25) is 13.9 Å². The molecule has 0 saturated heterocycles. The van der Waals surface area contributed by atoms with E-state index in [2.05, 4.69) is 5.32 Å². The molecule has 4 aromatic rings. The quantitative estimate of drug-likeness (QED) is 0.142. The average Bonchev–Trinajstić information content (AvgIpc) is 3.04. The zero-order chi connectivity index (χ0) is 32.4. The Kier molecular flexibility index (Phi) is 11.9. The van der Waals surface area contributed by atoms with Crippen LogP contribution in [0.25, 0.3) is 0 Å². The Morgan fingerprint density at radius 2 is 1.40 bits per heavy atom. The normalized spacial score (nSPS) is 11.8. The SMILES string of the molecule is CCCCNC(=O)[C@H](C)N(Cc1c(Cl)cccc1Cl)C(=O)CN(c1ccc(Oc2ccccc2)cc1)S(=O)(=O)c1ccccc1. The molecule has 1 N–H and O–H groups in total. The van der Waals surface area contributed by atoms with Crippen LogP contribution in [0.15, 0.2) is 108 Å². The van der Waals surface area contributed by atoms with Crippen molar-refractivity contribution in [1.82, 2.24) is 10.2 Å². The standard InChI is InChI=1S/C34H35Cl2N3O5S/c1-3-4-22-37-34(41)25(2)38(23-30-31(35)16-11-17-32(30)36)33(40)24-39(45(42,43)29-14-9-6-10-15-29)26-18-20-28(21-19-26)44-27-12-7-5-8-13-27/h5-21,25H,3-4,22-24H2,1-2H3,(H,37,41)/t25-/m0/s1. The zero-order valence-electron chi connectivity index (χ0n) is 25.0. The van der Waals surface area contributed by atoms with Crippen LogP contribution in [0.1, 0.15) is 32.3 Å². The fourth-order valence-corrected chi connectivity index (χ4v) is 6.48. The Morgan fingerprint density at radius 1 is 0.822 bits per heavy atom. The number of amides is 2. The predicted octanol–water partition coefficient (Wildman–Crippen LogP) is 7.31. The van der Waals surface area contributed by atoms with E-state index in [-0.39, 0.29) is 23.0 Å². The number of para-hydroxylation sites is 1. The Labute approximate surface area is 274 Å². The molecule has 0 radical (unpaired) electrons. The Balaban J connectivity index is 1.70. The molecule has 8 nitrogen and oxygen atoms in total. The van der Waals surface area contributed by atoms with Gasteiger partial charge in [-0.25, -0.2) is 8.42 Å². The lowest BCUT2D eigenvalue weighted by Crippen LogP contribution is -2.51. The molecule has 236 valence electrons. The molecule has 0 aliphatic carbocycles. The molecule has 1 atom stereocenters. The maximum Gasteiger partial charge on any atom is 0.264 e. The van der Waals surface area contributed by atoms with Gasteiger partial charge in [0.25, 0.3) is 10.0 Å². The maximum atomic E-state index is 14.1. The first kappa shape index (κ1) is 33.8. The molecule has 2 amide bonds. The number of sulfonamides is 1. The number of unbranched alkanes of at least 4 members (excludes halogenated alkanes) is 1. The molecule has 11 heteroatoms.